The molecule has 1 aromatic heterocycles. The van der Waals surface area contributed by atoms with Crippen molar-refractivity contribution in [2.45, 2.75) is 12.5 Å². The molecule has 1 heterocycles. The zero-order valence-electron chi connectivity index (χ0n) is 6.22. The van der Waals surface area contributed by atoms with Crippen LogP contribution < -0.4 is 0 Å². The summed E-state index contributed by atoms with van der Waals surface area (Å²) in [6.45, 7) is 0.125. The molecule has 1 aromatic rings. The lowest BCUT2D eigenvalue weighted by Gasteiger charge is -2.13. The Morgan fingerprint density at radius 2 is 2.27 bits per heavy atom. The Hall–Kier alpha value is -0.870. The van der Waals surface area contributed by atoms with Crippen LogP contribution in [-0.4, -0.2) is 33.0 Å². The number of rotatable bonds is 4. The van der Waals surface area contributed by atoms with Gasteiger partial charge in [-0.1, -0.05) is 0 Å². The number of aliphatic hydroxyl groups is 2. The minimum Gasteiger partial charge on any atom is -0.396 e. The van der Waals surface area contributed by atoms with E-state index >= 15 is 0 Å². The van der Waals surface area contributed by atoms with Crippen molar-refractivity contribution in [3.63, 3.8) is 0 Å². The molecule has 0 bridgehead atoms. The van der Waals surface area contributed by atoms with Gasteiger partial charge in [0, 0.05) is 19.0 Å². The van der Waals surface area contributed by atoms with E-state index < -0.39 is 0 Å². The fraction of sp³-hybridized carbons (Fsp3) is 0.571. The molecule has 0 saturated carbocycles. The Balaban J connectivity index is 2.56. The molecule has 0 aromatic carbocycles. The third-order valence-corrected chi connectivity index (χ3v) is 1.62. The summed E-state index contributed by atoms with van der Waals surface area (Å²) < 4.78 is 1.79. The van der Waals surface area contributed by atoms with Crippen molar-refractivity contribution in [1.29, 1.82) is 0 Å². The molecule has 0 radical (unpaired) electrons. The lowest BCUT2D eigenvalue weighted by molar-refractivity contribution is 0.186. The Kier molecular flexibility index (Phi) is 3.07. The first-order chi connectivity index (χ1) is 5.38. The first-order valence-corrected chi connectivity index (χ1v) is 3.57. The fourth-order valence-electron chi connectivity index (χ4n) is 0.969. The number of nitrogens with zero attached hydrogens (tertiary/aromatic N) is 2. The highest BCUT2D eigenvalue weighted by atomic mass is 16.3. The lowest BCUT2D eigenvalue weighted by atomic mass is 10.2. The maximum absolute atomic E-state index is 8.87. The second-order valence-corrected chi connectivity index (χ2v) is 2.36. The Morgan fingerprint density at radius 3 is 2.73 bits per heavy atom. The molecule has 0 aliphatic carbocycles. The van der Waals surface area contributed by atoms with Gasteiger partial charge in [0.05, 0.1) is 19.0 Å². The molecule has 0 aliphatic heterocycles. The second-order valence-electron chi connectivity index (χ2n) is 2.36. The summed E-state index contributed by atoms with van der Waals surface area (Å²) in [6.07, 6.45) is 5.62. The molecule has 0 saturated heterocycles. The molecular weight excluding hydrogens is 144 g/mol. The highest BCUT2D eigenvalue weighted by Crippen LogP contribution is 2.08. The largest absolute Gasteiger partial charge is 0.396 e. The van der Waals surface area contributed by atoms with Gasteiger partial charge in [-0.3, -0.25) is 0 Å². The van der Waals surface area contributed by atoms with Crippen LogP contribution in [0, 0.1) is 0 Å². The molecule has 0 fully saturated rings. The molecule has 62 valence electrons. The van der Waals surface area contributed by atoms with Crippen molar-refractivity contribution < 1.29 is 10.2 Å². The van der Waals surface area contributed by atoms with Gasteiger partial charge < -0.3 is 14.8 Å². The Morgan fingerprint density at radius 1 is 1.45 bits per heavy atom. The van der Waals surface area contributed by atoms with Crippen molar-refractivity contribution in [3.05, 3.63) is 18.7 Å². The normalized spacial score (nSPS) is 13.3. The molecule has 0 unspecified atom stereocenters. The van der Waals surface area contributed by atoms with Gasteiger partial charge in [-0.25, -0.2) is 4.98 Å². The summed E-state index contributed by atoms with van der Waals surface area (Å²) in [5, 5.41) is 17.5. The third-order valence-electron chi connectivity index (χ3n) is 1.62. The summed E-state index contributed by atoms with van der Waals surface area (Å²) >= 11 is 0. The Bertz CT molecular complexity index is 186. The zero-order valence-corrected chi connectivity index (χ0v) is 6.22. The molecule has 1 atom stereocenters. The van der Waals surface area contributed by atoms with E-state index in [1.165, 1.54) is 0 Å². The molecule has 11 heavy (non-hydrogen) atoms. The van der Waals surface area contributed by atoms with Crippen molar-refractivity contribution in [2.75, 3.05) is 13.2 Å². The summed E-state index contributed by atoms with van der Waals surface area (Å²) in [6, 6.07) is -0.0394. The van der Waals surface area contributed by atoms with E-state index in [4.69, 9.17) is 10.2 Å². The van der Waals surface area contributed by atoms with Crippen molar-refractivity contribution in [2.24, 2.45) is 0 Å². The first-order valence-electron chi connectivity index (χ1n) is 3.57. The average molecular weight is 156 g/mol. The summed E-state index contributed by atoms with van der Waals surface area (Å²) in [5.41, 5.74) is 0. The highest BCUT2D eigenvalue weighted by molar-refractivity contribution is 4.79. The SMILES string of the molecule is OCC[C@H](CO)n1ccnc1. The topological polar surface area (TPSA) is 58.3 Å². The Labute approximate surface area is 65.1 Å². The van der Waals surface area contributed by atoms with E-state index in [0.29, 0.717) is 6.42 Å². The van der Waals surface area contributed by atoms with Crippen molar-refractivity contribution in [3.8, 4) is 0 Å². The predicted octanol–water partition coefficient (Wildman–Crippen LogP) is -0.201. The van der Waals surface area contributed by atoms with Crippen LogP contribution in [0.4, 0.5) is 0 Å². The van der Waals surface area contributed by atoms with E-state index in [-0.39, 0.29) is 19.3 Å². The molecule has 0 spiro atoms. The van der Waals surface area contributed by atoms with Gasteiger partial charge >= 0.3 is 0 Å². The molecule has 4 heteroatoms. The standard InChI is InChI=1S/C7H12N2O2/c10-4-1-7(5-11)9-3-2-8-6-9/h2-3,6-7,10-11H,1,4-5H2/t7-/m1/s1. The smallest absolute Gasteiger partial charge is 0.0949 e. The maximum atomic E-state index is 8.87. The van der Waals surface area contributed by atoms with Gasteiger partial charge in [0.25, 0.3) is 0 Å². The second kappa shape index (κ2) is 4.10. The van der Waals surface area contributed by atoms with E-state index in [0.717, 1.165) is 0 Å². The van der Waals surface area contributed by atoms with E-state index in [1.807, 2.05) is 0 Å². The van der Waals surface area contributed by atoms with Crippen LogP contribution in [0.25, 0.3) is 0 Å². The predicted molar refractivity (Wildman–Crippen MR) is 40.1 cm³/mol. The minimum absolute atomic E-state index is 0.0386. The van der Waals surface area contributed by atoms with Gasteiger partial charge in [-0.05, 0) is 6.42 Å². The molecule has 0 amide bonds. The molecular formula is C7H12N2O2. The summed E-state index contributed by atoms with van der Waals surface area (Å²) in [7, 11) is 0. The van der Waals surface area contributed by atoms with Crippen LogP contribution >= 0.6 is 0 Å². The lowest BCUT2D eigenvalue weighted by Crippen LogP contribution is -2.12. The highest BCUT2D eigenvalue weighted by Gasteiger charge is 2.06. The van der Waals surface area contributed by atoms with Gasteiger partial charge in [0.15, 0.2) is 0 Å². The van der Waals surface area contributed by atoms with E-state index in [9.17, 15) is 0 Å². The van der Waals surface area contributed by atoms with Crippen molar-refractivity contribution >= 4 is 0 Å². The maximum Gasteiger partial charge on any atom is 0.0949 e. The molecule has 2 N–H and O–H groups in total. The van der Waals surface area contributed by atoms with Crippen LogP contribution in [0.2, 0.25) is 0 Å². The van der Waals surface area contributed by atoms with Crippen LogP contribution in [0.1, 0.15) is 12.5 Å². The molecule has 4 nitrogen and oxygen atoms in total. The van der Waals surface area contributed by atoms with Crippen LogP contribution in [0.3, 0.4) is 0 Å². The zero-order chi connectivity index (χ0) is 8.10. The van der Waals surface area contributed by atoms with Crippen molar-refractivity contribution in [1.82, 2.24) is 9.55 Å². The number of aliphatic hydroxyl groups excluding tert-OH is 2. The summed E-state index contributed by atoms with van der Waals surface area (Å²) in [5.74, 6) is 0. The third kappa shape index (κ3) is 2.03. The molecule has 1 rings (SSSR count). The first kappa shape index (κ1) is 8.23. The fourth-order valence-corrected chi connectivity index (χ4v) is 0.969. The van der Waals surface area contributed by atoms with Crippen LogP contribution in [-0.2, 0) is 0 Å². The van der Waals surface area contributed by atoms with Gasteiger partial charge in [0.1, 0.15) is 0 Å². The van der Waals surface area contributed by atoms with E-state index in [2.05, 4.69) is 4.98 Å². The summed E-state index contributed by atoms with van der Waals surface area (Å²) in [4.78, 5) is 3.84. The monoisotopic (exact) mass is 156 g/mol. The number of hydrogen-bond acceptors (Lipinski definition) is 3. The minimum atomic E-state index is -0.0394. The van der Waals surface area contributed by atoms with Gasteiger partial charge in [-0.2, -0.15) is 0 Å². The number of imidazole rings is 1. The van der Waals surface area contributed by atoms with Gasteiger partial charge in [0.2, 0.25) is 0 Å². The number of aromatic nitrogens is 2. The quantitative estimate of drug-likeness (QED) is 0.634. The average Bonchev–Trinajstić information content (AvgIpc) is 2.52. The molecule has 0 aliphatic rings. The van der Waals surface area contributed by atoms with Crippen LogP contribution in [0.5, 0.6) is 0 Å². The number of hydrogen-bond donors (Lipinski definition) is 2. The van der Waals surface area contributed by atoms with E-state index in [1.54, 1.807) is 23.3 Å². The van der Waals surface area contributed by atoms with Gasteiger partial charge in [-0.15, -0.1) is 0 Å². The van der Waals surface area contributed by atoms with Crippen LogP contribution in [0.15, 0.2) is 18.7 Å².